The van der Waals surface area contributed by atoms with E-state index < -0.39 is 0 Å². The number of pyridine rings is 1. The number of hydrogen-bond donors (Lipinski definition) is 1. The molecule has 1 aromatic carbocycles. The van der Waals surface area contributed by atoms with Gasteiger partial charge in [0.1, 0.15) is 5.65 Å². The zero-order valence-electron chi connectivity index (χ0n) is 14.5. The molecule has 0 saturated heterocycles. The Morgan fingerprint density at radius 3 is 2.68 bits per heavy atom. The van der Waals surface area contributed by atoms with Gasteiger partial charge in [-0.05, 0) is 44.2 Å². The maximum absolute atomic E-state index is 4.66. The van der Waals surface area contributed by atoms with E-state index in [0.29, 0.717) is 0 Å². The Morgan fingerprint density at radius 2 is 1.92 bits per heavy atom. The van der Waals surface area contributed by atoms with Crippen LogP contribution in [0.25, 0.3) is 16.9 Å². The molecular weight excluding hydrogens is 310 g/mol. The van der Waals surface area contributed by atoms with Crippen molar-refractivity contribution < 1.29 is 0 Å². The maximum atomic E-state index is 4.66. The summed E-state index contributed by atoms with van der Waals surface area (Å²) >= 11 is 0. The second-order valence-corrected chi connectivity index (χ2v) is 6.12. The van der Waals surface area contributed by atoms with Gasteiger partial charge in [-0.15, -0.1) is 0 Å². The van der Waals surface area contributed by atoms with Gasteiger partial charge in [-0.1, -0.05) is 18.2 Å². The Kier molecular flexibility index (Phi) is 3.98. The molecule has 0 aliphatic heterocycles. The van der Waals surface area contributed by atoms with E-state index in [1.54, 1.807) is 0 Å². The average Bonchev–Trinajstić information content (AvgIpc) is 3.23. The number of nitrogens with one attached hydrogen (secondary N) is 1. The van der Waals surface area contributed by atoms with Crippen molar-refractivity contribution in [2.45, 2.75) is 26.9 Å². The van der Waals surface area contributed by atoms with Crippen LogP contribution in [0.2, 0.25) is 0 Å². The zero-order chi connectivity index (χ0) is 17.2. The van der Waals surface area contributed by atoms with Crippen LogP contribution in [0.1, 0.15) is 18.3 Å². The molecule has 5 heteroatoms. The fraction of sp³-hybridized carbons (Fsp3) is 0.200. The first-order valence-electron chi connectivity index (χ1n) is 8.54. The third kappa shape index (κ3) is 3.13. The predicted molar refractivity (Wildman–Crippen MR) is 101 cm³/mol. The van der Waals surface area contributed by atoms with Crippen molar-refractivity contribution in [3.8, 4) is 11.3 Å². The van der Waals surface area contributed by atoms with Crippen molar-refractivity contribution in [2.75, 3.05) is 5.32 Å². The lowest BCUT2D eigenvalue weighted by Gasteiger charge is -2.08. The topological polar surface area (TPSA) is 47.2 Å². The van der Waals surface area contributed by atoms with E-state index in [0.717, 1.165) is 41.4 Å². The fourth-order valence-electron chi connectivity index (χ4n) is 3.04. The van der Waals surface area contributed by atoms with Crippen LogP contribution in [-0.4, -0.2) is 19.2 Å². The van der Waals surface area contributed by atoms with Gasteiger partial charge >= 0.3 is 0 Å². The molecule has 0 aliphatic rings. The van der Waals surface area contributed by atoms with Crippen LogP contribution >= 0.6 is 0 Å². The first-order valence-corrected chi connectivity index (χ1v) is 8.54. The van der Waals surface area contributed by atoms with Crippen LogP contribution in [0.5, 0.6) is 0 Å². The van der Waals surface area contributed by atoms with E-state index in [2.05, 4.69) is 58.9 Å². The Labute approximate surface area is 147 Å². The molecule has 1 N–H and O–H groups in total. The molecule has 4 aromatic rings. The first-order chi connectivity index (χ1) is 12.2. The minimum Gasteiger partial charge on any atom is -0.379 e. The molecule has 25 heavy (non-hydrogen) atoms. The summed E-state index contributed by atoms with van der Waals surface area (Å²) in [7, 11) is 0. The average molecular weight is 331 g/mol. The normalized spacial score (nSPS) is 11.1. The Bertz CT molecular complexity index is 962. The summed E-state index contributed by atoms with van der Waals surface area (Å²) < 4.78 is 4.07. The van der Waals surface area contributed by atoms with Crippen LogP contribution in [-0.2, 0) is 13.1 Å². The Balaban J connectivity index is 1.50. The number of aryl methyl sites for hydroxylation is 2. The standard InChI is InChI=1S/C20H21N5/c1-3-25-18(12-15(2)23-25)13-21-17-9-7-16(8-10-17)19-14-24-11-5-4-6-20(24)22-19/h4-12,14,21H,3,13H2,1-2H3. The molecule has 3 aromatic heterocycles. The number of nitrogens with zero attached hydrogens (tertiary/aromatic N) is 4. The highest BCUT2D eigenvalue weighted by molar-refractivity contribution is 5.65. The lowest BCUT2D eigenvalue weighted by atomic mass is 10.1. The van der Waals surface area contributed by atoms with Crippen LogP contribution in [0.15, 0.2) is 60.9 Å². The van der Waals surface area contributed by atoms with Crippen LogP contribution in [0.3, 0.4) is 0 Å². The molecule has 0 unspecified atom stereocenters. The van der Waals surface area contributed by atoms with Gasteiger partial charge in [0.25, 0.3) is 0 Å². The molecule has 0 saturated carbocycles. The predicted octanol–water partition coefficient (Wildman–Crippen LogP) is 4.14. The van der Waals surface area contributed by atoms with Gasteiger partial charge in [0.05, 0.1) is 23.6 Å². The minimum absolute atomic E-state index is 0.766. The van der Waals surface area contributed by atoms with Gasteiger partial charge in [0, 0.05) is 30.2 Å². The molecule has 0 fully saturated rings. The van der Waals surface area contributed by atoms with Crippen LogP contribution in [0, 0.1) is 6.92 Å². The van der Waals surface area contributed by atoms with Gasteiger partial charge in [-0.2, -0.15) is 5.10 Å². The third-order valence-electron chi connectivity index (χ3n) is 4.30. The Hall–Kier alpha value is -3.08. The van der Waals surface area contributed by atoms with E-state index in [1.807, 2.05) is 40.4 Å². The first kappa shape index (κ1) is 15.4. The summed E-state index contributed by atoms with van der Waals surface area (Å²) in [6.07, 6.45) is 4.07. The smallest absolute Gasteiger partial charge is 0.137 e. The molecule has 0 atom stereocenters. The third-order valence-corrected chi connectivity index (χ3v) is 4.30. The molecule has 0 amide bonds. The van der Waals surface area contributed by atoms with Gasteiger partial charge in [0.2, 0.25) is 0 Å². The second kappa shape index (κ2) is 6.43. The second-order valence-electron chi connectivity index (χ2n) is 6.12. The lowest BCUT2D eigenvalue weighted by molar-refractivity contribution is 0.623. The van der Waals surface area contributed by atoms with Crippen molar-refractivity contribution in [1.82, 2.24) is 19.2 Å². The summed E-state index contributed by atoms with van der Waals surface area (Å²) in [6, 6.07) is 16.5. The highest BCUT2D eigenvalue weighted by Crippen LogP contribution is 2.21. The fourth-order valence-corrected chi connectivity index (χ4v) is 3.04. The number of imidazole rings is 1. The minimum atomic E-state index is 0.766. The molecule has 126 valence electrons. The number of hydrogen-bond acceptors (Lipinski definition) is 3. The molecule has 0 bridgehead atoms. The van der Waals surface area contributed by atoms with Crippen molar-refractivity contribution >= 4 is 11.3 Å². The Morgan fingerprint density at radius 1 is 1.08 bits per heavy atom. The van der Waals surface area contributed by atoms with E-state index in [1.165, 1.54) is 5.69 Å². The molecular formula is C20H21N5. The summed E-state index contributed by atoms with van der Waals surface area (Å²) in [5.41, 5.74) is 6.41. The molecule has 0 aliphatic carbocycles. The zero-order valence-corrected chi connectivity index (χ0v) is 14.5. The van der Waals surface area contributed by atoms with Crippen LogP contribution in [0.4, 0.5) is 5.69 Å². The number of benzene rings is 1. The summed E-state index contributed by atoms with van der Waals surface area (Å²) in [5.74, 6) is 0. The number of aromatic nitrogens is 4. The van der Waals surface area contributed by atoms with Crippen molar-refractivity contribution in [1.29, 1.82) is 0 Å². The molecule has 0 spiro atoms. The van der Waals surface area contributed by atoms with Crippen molar-refractivity contribution in [2.24, 2.45) is 0 Å². The lowest BCUT2D eigenvalue weighted by Crippen LogP contribution is -2.07. The van der Waals surface area contributed by atoms with E-state index in [4.69, 9.17) is 0 Å². The highest BCUT2D eigenvalue weighted by atomic mass is 15.3. The number of anilines is 1. The molecule has 3 heterocycles. The molecule has 5 nitrogen and oxygen atoms in total. The van der Waals surface area contributed by atoms with E-state index >= 15 is 0 Å². The quantitative estimate of drug-likeness (QED) is 0.598. The van der Waals surface area contributed by atoms with Gasteiger partial charge in [-0.3, -0.25) is 4.68 Å². The highest BCUT2D eigenvalue weighted by Gasteiger charge is 2.06. The van der Waals surface area contributed by atoms with Crippen molar-refractivity contribution in [3.05, 3.63) is 72.3 Å². The summed E-state index contributed by atoms with van der Waals surface area (Å²) in [6.45, 7) is 5.79. The molecule has 0 radical (unpaired) electrons. The van der Waals surface area contributed by atoms with Crippen molar-refractivity contribution in [3.63, 3.8) is 0 Å². The maximum Gasteiger partial charge on any atom is 0.137 e. The monoisotopic (exact) mass is 331 g/mol. The largest absolute Gasteiger partial charge is 0.379 e. The van der Waals surface area contributed by atoms with Gasteiger partial charge in [0.15, 0.2) is 0 Å². The molecule has 4 rings (SSSR count). The number of rotatable bonds is 5. The van der Waals surface area contributed by atoms with Gasteiger partial charge < -0.3 is 9.72 Å². The summed E-state index contributed by atoms with van der Waals surface area (Å²) in [4.78, 5) is 4.66. The van der Waals surface area contributed by atoms with Gasteiger partial charge in [-0.25, -0.2) is 4.98 Å². The van der Waals surface area contributed by atoms with E-state index in [9.17, 15) is 0 Å². The van der Waals surface area contributed by atoms with Crippen LogP contribution < -0.4 is 5.32 Å². The van der Waals surface area contributed by atoms with E-state index in [-0.39, 0.29) is 0 Å². The number of fused-ring (bicyclic) bond motifs is 1. The SMILES string of the molecule is CCn1nc(C)cc1CNc1ccc(-c2cn3ccccc3n2)cc1. The summed E-state index contributed by atoms with van der Waals surface area (Å²) in [5, 5.41) is 7.95.